The zero-order chi connectivity index (χ0) is 19.7. The van der Waals surface area contributed by atoms with Crippen molar-refractivity contribution >= 4 is 17.3 Å². The van der Waals surface area contributed by atoms with Crippen LogP contribution >= 0.6 is 0 Å². The molecule has 0 spiro atoms. The van der Waals surface area contributed by atoms with Gasteiger partial charge in [0.1, 0.15) is 17.1 Å². The summed E-state index contributed by atoms with van der Waals surface area (Å²) < 4.78 is 0. The highest BCUT2D eigenvalue weighted by molar-refractivity contribution is 6.30. The summed E-state index contributed by atoms with van der Waals surface area (Å²) in [5, 5.41) is 42.3. The summed E-state index contributed by atoms with van der Waals surface area (Å²) in [6.45, 7) is 1.15. The zero-order valence-electron chi connectivity index (χ0n) is 14.3. The van der Waals surface area contributed by atoms with Gasteiger partial charge in [-0.05, 0) is 6.92 Å². The van der Waals surface area contributed by atoms with Crippen LogP contribution in [0.2, 0.25) is 0 Å². The Morgan fingerprint density at radius 2 is 1.56 bits per heavy atom. The second kappa shape index (κ2) is 5.48. The molecule has 4 N–H and O–H groups in total. The number of Topliss-reactive ketones (excluding diaryl/α,β-unsaturated/α-hetero) is 1. The smallest absolute Gasteiger partial charge is 0.198 e. The maximum absolute atomic E-state index is 12.9. The van der Waals surface area contributed by atoms with Crippen molar-refractivity contribution in [3.8, 4) is 11.5 Å². The number of hydrogen-bond donors (Lipinski definition) is 4. The lowest BCUT2D eigenvalue weighted by Crippen LogP contribution is -2.44. The fourth-order valence-corrected chi connectivity index (χ4v) is 3.98. The molecule has 0 radical (unpaired) electrons. The molecule has 0 heterocycles. The molecular formula is C20H16O7. The number of fused-ring (bicyclic) bond motifs is 3. The van der Waals surface area contributed by atoms with E-state index in [9.17, 15) is 34.8 Å². The van der Waals surface area contributed by atoms with Gasteiger partial charge < -0.3 is 20.4 Å². The number of carbonyl (C=O) groups excluding carboxylic acids is 3. The molecule has 4 rings (SSSR count). The van der Waals surface area contributed by atoms with E-state index in [1.54, 1.807) is 12.1 Å². The molecule has 0 saturated heterocycles. The second-order valence-corrected chi connectivity index (χ2v) is 7.03. The number of aliphatic hydroxyl groups excluding tert-OH is 1. The van der Waals surface area contributed by atoms with Gasteiger partial charge in [-0.15, -0.1) is 0 Å². The van der Waals surface area contributed by atoms with Crippen molar-refractivity contribution in [2.24, 2.45) is 0 Å². The zero-order valence-corrected chi connectivity index (χ0v) is 14.3. The summed E-state index contributed by atoms with van der Waals surface area (Å²) in [7, 11) is 0. The lowest BCUT2D eigenvalue weighted by atomic mass is 9.72. The van der Waals surface area contributed by atoms with Gasteiger partial charge in [0.05, 0.1) is 17.2 Å². The molecule has 2 aromatic rings. The Kier molecular flexibility index (Phi) is 3.53. The van der Waals surface area contributed by atoms with Gasteiger partial charge >= 0.3 is 0 Å². The Labute approximate surface area is 153 Å². The molecule has 0 aromatic heterocycles. The van der Waals surface area contributed by atoms with Gasteiger partial charge in [0, 0.05) is 35.1 Å². The van der Waals surface area contributed by atoms with E-state index in [1.165, 1.54) is 12.1 Å². The van der Waals surface area contributed by atoms with Gasteiger partial charge in [-0.25, -0.2) is 0 Å². The molecule has 0 amide bonds. The fourth-order valence-electron chi connectivity index (χ4n) is 3.98. The lowest BCUT2D eigenvalue weighted by Gasteiger charge is -2.36. The van der Waals surface area contributed by atoms with E-state index >= 15 is 0 Å². The average molecular weight is 368 g/mol. The van der Waals surface area contributed by atoms with Crippen molar-refractivity contribution in [3.05, 3.63) is 57.6 Å². The van der Waals surface area contributed by atoms with Crippen molar-refractivity contribution in [3.63, 3.8) is 0 Å². The first-order chi connectivity index (χ1) is 12.7. The summed E-state index contributed by atoms with van der Waals surface area (Å²) in [4.78, 5) is 37.5. The largest absolute Gasteiger partial charge is 0.507 e. The van der Waals surface area contributed by atoms with Crippen molar-refractivity contribution in [2.75, 3.05) is 0 Å². The van der Waals surface area contributed by atoms with E-state index in [4.69, 9.17) is 0 Å². The normalized spacial score (nSPS) is 23.4. The maximum Gasteiger partial charge on any atom is 0.198 e. The van der Waals surface area contributed by atoms with E-state index in [0.717, 1.165) is 6.92 Å². The molecule has 7 nitrogen and oxygen atoms in total. The van der Waals surface area contributed by atoms with E-state index in [1.807, 2.05) is 0 Å². The van der Waals surface area contributed by atoms with E-state index in [0.29, 0.717) is 0 Å². The van der Waals surface area contributed by atoms with Crippen LogP contribution in [0.1, 0.15) is 62.4 Å². The molecule has 1 unspecified atom stereocenters. The van der Waals surface area contributed by atoms with E-state index in [2.05, 4.69) is 0 Å². The highest BCUT2D eigenvalue weighted by atomic mass is 16.3. The Balaban J connectivity index is 2.04. The number of aliphatic hydroxyl groups is 2. The third-order valence-corrected chi connectivity index (χ3v) is 5.45. The summed E-state index contributed by atoms with van der Waals surface area (Å²) in [5.41, 5.74) is -2.76. The molecule has 27 heavy (non-hydrogen) atoms. The maximum atomic E-state index is 12.9. The van der Waals surface area contributed by atoms with Crippen LogP contribution < -0.4 is 0 Å². The second-order valence-electron chi connectivity index (χ2n) is 7.03. The number of aromatic hydroxyl groups is 2. The fraction of sp³-hybridized carbons (Fsp3) is 0.250. The Hall–Kier alpha value is -3.03. The molecule has 0 aliphatic heterocycles. The summed E-state index contributed by atoms with van der Waals surface area (Å²) in [6, 6.07) is 6.03. The summed E-state index contributed by atoms with van der Waals surface area (Å²) >= 11 is 0. The third kappa shape index (κ3) is 2.19. The molecule has 138 valence electrons. The van der Waals surface area contributed by atoms with Crippen LogP contribution in [0.25, 0.3) is 0 Å². The van der Waals surface area contributed by atoms with Crippen molar-refractivity contribution in [1.29, 1.82) is 0 Å². The minimum atomic E-state index is -1.94. The van der Waals surface area contributed by atoms with Gasteiger partial charge in [-0.1, -0.05) is 24.3 Å². The molecule has 0 saturated carbocycles. The van der Waals surface area contributed by atoms with Crippen LogP contribution in [0.15, 0.2) is 24.3 Å². The lowest BCUT2D eigenvalue weighted by molar-refractivity contribution is -0.139. The Morgan fingerprint density at radius 1 is 1.04 bits per heavy atom. The highest BCUT2D eigenvalue weighted by Crippen LogP contribution is 2.50. The van der Waals surface area contributed by atoms with Gasteiger partial charge in [-0.2, -0.15) is 0 Å². The van der Waals surface area contributed by atoms with E-state index < -0.39 is 40.6 Å². The van der Waals surface area contributed by atoms with Crippen molar-refractivity contribution in [2.45, 2.75) is 31.5 Å². The van der Waals surface area contributed by atoms with Crippen LogP contribution in [0.3, 0.4) is 0 Å². The average Bonchev–Trinajstić information content (AvgIpc) is 2.62. The number of rotatable bonds is 1. The minimum Gasteiger partial charge on any atom is -0.507 e. The molecule has 2 aliphatic rings. The number of carbonyl (C=O) groups is 3. The number of benzene rings is 2. The van der Waals surface area contributed by atoms with Crippen LogP contribution in [0.4, 0.5) is 0 Å². The molecule has 0 fully saturated rings. The summed E-state index contributed by atoms with van der Waals surface area (Å²) in [6.07, 6.45) is -2.26. The monoisotopic (exact) mass is 368 g/mol. The topological polar surface area (TPSA) is 132 Å². The van der Waals surface area contributed by atoms with Gasteiger partial charge in [0.2, 0.25) is 0 Å². The quantitative estimate of drug-likeness (QED) is 0.474. The molecule has 0 bridgehead atoms. The van der Waals surface area contributed by atoms with E-state index in [-0.39, 0.29) is 46.2 Å². The first-order valence-corrected chi connectivity index (χ1v) is 8.38. The Bertz CT molecular complexity index is 1050. The van der Waals surface area contributed by atoms with Crippen LogP contribution in [-0.2, 0) is 11.2 Å². The van der Waals surface area contributed by atoms with Gasteiger partial charge in [-0.3, -0.25) is 14.4 Å². The van der Waals surface area contributed by atoms with Crippen LogP contribution in [-0.4, -0.2) is 43.4 Å². The predicted octanol–water partition coefficient (Wildman–Crippen LogP) is 1.17. The van der Waals surface area contributed by atoms with Crippen molar-refractivity contribution in [1.82, 2.24) is 0 Å². The highest BCUT2D eigenvalue weighted by Gasteiger charge is 2.46. The standard InChI is InChI=1S/C20H16O7/c1-8(21)20(27)6-11-13(12(22)7-20)19(26)15-14(18(11)25)16(23)9-4-2-3-5-10(9)17(15)24/h2-5,12,22,25-27H,6-7H2,1H3/t12-,20?/m1/s1. The molecule has 2 atom stereocenters. The van der Waals surface area contributed by atoms with Gasteiger partial charge in [0.25, 0.3) is 0 Å². The number of hydrogen-bond acceptors (Lipinski definition) is 7. The predicted molar refractivity (Wildman–Crippen MR) is 92.0 cm³/mol. The SMILES string of the molecule is CC(=O)C1(O)Cc2c(O)c3c(c(O)c2[C@H](O)C1)C(=O)c1ccccc1C3=O. The third-order valence-electron chi connectivity index (χ3n) is 5.45. The minimum absolute atomic E-state index is 0.0860. The molecular weight excluding hydrogens is 352 g/mol. The Morgan fingerprint density at radius 3 is 2.07 bits per heavy atom. The number of phenolic OH excluding ortho intramolecular Hbond substituents is 2. The number of ketones is 3. The molecule has 2 aromatic carbocycles. The molecule has 2 aliphatic carbocycles. The first-order valence-electron chi connectivity index (χ1n) is 8.38. The van der Waals surface area contributed by atoms with Crippen LogP contribution in [0, 0.1) is 0 Å². The summed E-state index contributed by atoms with van der Waals surface area (Å²) in [5.74, 6) is -3.12. The van der Waals surface area contributed by atoms with Gasteiger partial charge in [0.15, 0.2) is 17.3 Å². The van der Waals surface area contributed by atoms with Crippen LogP contribution in [0.5, 0.6) is 11.5 Å². The first kappa shape index (κ1) is 17.4. The molecule has 7 heteroatoms. The van der Waals surface area contributed by atoms with Crippen molar-refractivity contribution < 1.29 is 34.8 Å². The number of phenols is 2.